The van der Waals surface area contributed by atoms with E-state index in [1.807, 2.05) is 42.6 Å². The number of piperidine rings is 1. The van der Waals surface area contributed by atoms with E-state index in [-0.39, 0.29) is 12.1 Å². The van der Waals surface area contributed by atoms with Gasteiger partial charge in [-0.2, -0.15) is 0 Å². The van der Waals surface area contributed by atoms with Crippen LogP contribution in [0.2, 0.25) is 0 Å². The third-order valence-corrected chi connectivity index (χ3v) is 9.21. The predicted molar refractivity (Wildman–Crippen MR) is 152 cm³/mol. The van der Waals surface area contributed by atoms with E-state index in [9.17, 15) is 4.79 Å². The van der Waals surface area contributed by atoms with Gasteiger partial charge in [0.1, 0.15) is 16.3 Å². The normalized spacial score (nSPS) is 19.2. The Morgan fingerprint density at radius 1 is 1.21 bits per heavy atom. The van der Waals surface area contributed by atoms with E-state index >= 15 is 0 Å². The fourth-order valence-corrected chi connectivity index (χ4v) is 7.26. The lowest BCUT2D eigenvalue weighted by atomic mass is 9.98. The fourth-order valence-electron chi connectivity index (χ4n) is 5.16. The Morgan fingerprint density at radius 3 is 2.74 bits per heavy atom. The number of thiazole rings is 2. The lowest BCUT2D eigenvalue weighted by Gasteiger charge is -2.41. The molecule has 1 fully saturated rings. The Kier molecular flexibility index (Phi) is 6.22. The van der Waals surface area contributed by atoms with Crippen molar-refractivity contribution in [3.05, 3.63) is 42.1 Å². The lowest BCUT2D eigenvalue weighted by molar-refractivity contribution is 0.0105. The number of amides is 1. The van der Waals surface area contributed by atoms with Crippen molar-refractivity contribution in [2.75, 3.05) is 18.5 Å². The number of imidazole rings is 1. The van der Waals surface area contributed by atoms with Crippen molar-refractivity contribution in [3.63, 3.8) is 0 Å². The first-order chi connectivity index (χ1) is 18.2. The van der Waals surface area contributed by atoms with Gasteiger partial charge in [0.2, 0.25) is 0 Å². The lowest BCUT2D eigenvalue weighted by Crippen LogP contribution is -2.51. The molecule has 1 amide bonds. The van der Waals surface area contributed by atoms with Crippen LogP contribution < -0.4 is 4.90 Å². The van der Waals surface area contributed by atoms with Gasteiger partial charge in [0.25, 0.3) is 0 Å². The van der Waals surface area contributed by atoms with E-state index in [0.29, 0.717) is 12.6 Å². The summed E-state index contributed by atoms with van der Waals surface area (Å²) in [5.74, 6) is 0. The van der Waals surface area contributed by atoms with Gasteiger partial charge in [-0.05, 0) is 52.5 Å². The quantitative estimate of drug-likeness (QED) is 0.318. The summed E-state index contributed by atoms with van der Waals surface area (Å²) in [6.07, 6.45) is 14.1. The molecule has 2 aliphatic rings. The maximum absolute atomic E-state index is 12.6. The van der Waals surface area contributed by atoms with Crippen LogP contribution in [0.3, 0.4) is 0 Å². The SMILES string of the molecule is C[C@H]1C[C@H](N(C)c2nc3sc(-c4ncc(-n5ccnc5)c5c4CC=C5)nc3s2)CCN1C(=O)OC(C)(C)C. The molecule has 1 aliphatic heterocycles. The topological polar surface area (TPSA) is 89.3 Å². The number of likely N-dealkylation sites (tertiary alicyclic amines) is 1. The van der Waals surface area contributed by atoms with Crippen LogP contribution in [0.4, 0.5) is 9.93 Å². The molecule has 0 spiro atoms. The van der Waals surface area contributed by atoms with Crippen molar-refractivity contribution >= 4 is 49.6 Å². The molecule has 0 radical (unpaired) electrons. The number of fused-ring (bicyclic) bond motifs is 2. The average molecular weight is 550 g/mol. The Bertz CT molecular complexity index is 1480. The summed E-state index contributed by atoms with van der Waals surface area (Å²) in [5.41, 5.74) is 3.84. The molecule has 11 heteroatoms. The van der Waals surface area contributed by atoms with Crippen LogP contribution in [0, 0.1) is 0 Å². The van der Waals surface area contributed by atoms with Crippen molar-refractivity contribution in [1.82, 2.24) is 29.4 Å². The number of hydrogen-bond acceptors (Lipinski definition) is 9. The second-order valence-corrected chi connectivity index (χ2v) is 12.8. The van der Waals surface area contributed by atoms with Gasteiger partial charge >= 0.3 is 6.09 Å². The molecule has 0 bridgehead atoms. The summed E-state index contributed by atoms with van der Waals surface area (Å²) in [5, 5.41) is 1.87. The monoisotopic (exact) mass is 549 g/mol. The van der Waals surface area contributed by atoms with Crippen molar-refractivity contribution < 1.29 is 9.53 Å². The molecule has 2 atom stereocenters. The van der Waals surface area contributed by atoms with Crippen LogP contribution in [-0.2, 0) is 11.2 Å². The summed E-state index contributed by atoms with van der Waals surface area (Å²) in [6, 6.07) is 0.402. The van der Waals surface area contributed by atoms with E-state index in [4.69, 9.17) is 19.7 Å². The minimum absolute atomic E-state index is 0.101. The molecule has 0 saturated carbocycles. The molecular weight excluding hydrogens is 518 g/mol. The Morgan fingerprint density at radius 2 is 2.03 bits per heavy atom. The van der Waals surface area contributed by atoms with E-state index in [1.165, 1.54) is 11.1 Å². The molecule has 0 N–H and O–H groups in total. The molecule has 5 heterocycles. The van der Waals surface area contributed by atoms with Crippen molar-refractivity contribution in [2.24, 2.45) is 0 Å². The summed E-state index contributed by atoms with van der Waals surface area (Å²) in [4.78, 5) is 37.5. The smallest absolute Gasteiger partial charge is 0.410 e. The van der Waals surface area contributed by atoms with Gasteiger partial charge in [-0.25, -0.2) is 19.7 Å². The van der Waals surface area contributed by atoms with E-state index in [1.54, 1.807) is 35.2 Å². The first-order valence-corrected chi connectivity index (χ1v) is 14.5. The molecular formula is C27H31N7O2S2. The summed E-state index contributed by atoms with van der Waals surface area (Å²) < 4.78 is 7.60. The first kappa shape index (κ1) is 25.0. The predicted octanol–water partition coefficient (Wildman–Crippen LogP) is 5.79. The molecule has 1 aliphatic carbocycles. The number of carbonyl (C=O) groups excluding carboxylic acids is 1. The number of pyridine rings is 1. The van der Waals surface area contributed by atoms with Gasteiger partial charge in [0, 0.05) is 43.6 Å². The number of ether oxygens (including phenoxy) is 1. The van der Waals surface area contributed by atoms with Crippen LogP contribution in [0.15, 0.2) is 31.0 Å². The number of hydrogen-bond donors (Lipinski definition) is 0. The van der Waals surface area contributed by atoms with Crippen LogP contribution in [0.25, 0.3) is 32.1 Å². The largest absolute Gasteiger partial charge is 0.444 e. The second kappa shape index (κ2) is 9.46. The number of aromatic nitrogens is 5. The van der Waals surface area contributed by atoms with E-state index in [0.717, 1.165) is 50.4 Å². The van der Waals surface area contributed by atoms with Crippen LogP contribution in [-0.4, -0.2) is 66.8 Å². The zero-order chi connectivity index (χ0) is 26.6. The van der Waals surface area contributed by atoms with Gasteiger partial charge in [-0.1, -0.05) is 34.8 Å². The Balaban J connectivity index is 1.19. The van der Waals surface area contributed by atoms with Crippen molar-refractivity contribution in [1.29, 1.82) is 0 Å². The van der Waals surface area contributed by atoms with Gasteiger partial charge < -0.3 is 19.1 Å². The number of anilines is 1. The molecule has 0 unspecified atom stereocenters. The molecule has 38 heavy (non-hydrogen) atoms. The Labute approximate surface area is 229 Å². The first-order valence-electron chi connectivity index (χ1n) is 12.8. The standard InChI is InChI=1S/C27H31N7O2S2/c1-16-13-17(9-11-34(16)26(35)36-27(2,3)4)32(5)25-31-24-23(38-25)30-22(37-24)21-19-8-6-7-18(19)20(14-29-21)33-12-10-28-15-33/h6-7,10,12,14-17H,8-9,11,13H2,1-5H3/t16-,17+/m0/s1. The van der Waals surface area contributed by atoms with Crippen LogP contribution in [0.5, 0.6) is 0 Å². The van der Waals surface area contributed by atoms with Gasteiger partial charge in [0.05, 0.1) is 18.2 Å². The molecule has 198 valence electrons. The number of allylic oxidation sites excluding steroid dienone is 1. The summed E-state index contributed by atoms with van der Waals surface area (Å²) in [7, 11) is 2.10. The molecule has 9 nitrogen and oxygen atoms in total. The van der Waals surface area contributed by atoms with Crippen LogP contribution in [0.1, 0.15) is 51.7 Å². The molecule has 0 aromatic carbocycles. The van der Waals surface area contributed by atoms with E-state index < -0.39 is 5.60 Å². The van der Waals surface area contributed by atoms with Gasteiger partial charge in [-0.3, -0.25) is 4.98 Å². The van der Waals surface area contributed by atoms with Gasteiger partial charge in [0.15, 0.2) is 14.8 Å². The second-order valence-electron chi connectivity index (χ2n) is 10.9. The molecule has 4 aromatic heterocycles. The minimum atomic E-state index is -0.489. The summed E-state index contributed by atoms with van der Waals surface area (Å²) in [6.45, 7) is 8.48. The highest BCUT2D eigenvalue weighted by molar-refractivity contribution is 7.29. The highest BCUT2D eigenvalue weighted by Crippen LogP contribution is 2.40. The van der Waals surface area contributed by atoms with E-state index in [2.05, 4.69) is 36.0 Å². The number of rotatable bonds is 4. The number of carbonyl (C=O) groups is 1. The van der Waals surface area contributed by atoms with Crippen molar-refractivity contribution in [2.45, 2.75) is 64.6 Å². The minimum Gasteiger partial charge on any atom is -0.444 e. The highest BCUT2D eigenvalue weighted by Gasteiger charge is 2.34. The fraction of sp³-hybridized carbons (Fsp3) is 0.444. The van der Waals surface area contributed by atoms with Gasteiger partial charge in [-0.15, -0.1) is 0 Å². The molecule has 1 saturated heterocycles. The zero-order valence-corrected chi connectivity index (χ0v) is 23.8. The zero-order valence-electron chi connectivity index (χ0n) is 22.2. The van der Waals surface area contributed by atoms with Crippen LogP contribution >= 0.6 is 22.7 Å². The third kappa shape index (κ3) is 4.58. The molecule has 4 aromatic rings. The number of nitrogens with zero attached hydrogens (tertiary/aromatic N) is 7. The highest BCUT2D eigenvalue weighted by atomic mass is 32.1. The maximum atomic E-state index is 12.6. The maximum Gasteiger partial charge on any atom is 0.410 e. The Hall–Kier alpha value is -3.31. The third-order valence-electron chi connectivity index (χ3n) is 7.08. The van der Waals surface area contributed by atoms with Crippen molar-refractivity contribution in [3.8, 4) is 16.4 Å². The average Bonchev–Trinajstić information content (AvgIpc) is 3.65. The molecule has 6 rings (SSSR count). The summed E-state index contributed by atoms with van der Waals surface area (Å²) >= 11 is 3.22.